The van der Waals surface area contributed by atoms with Crippen molar-refractivity contribution in [2.45, 2.75) is 39.3 Å². The van der Waals surface area contributed by atoms with Crippen LogP contribution < -0.4 is 5.32 Å². The van der Waals surface area contributed by atoms with Gasteiger partial charge < -0.3 is 23.9 Å². The Balaban J connectivity index is 1.60. The molecule has 2 aliphatic heterocycles. The molecular weight excluding hydrogens is 384 g/mol. The minimum absolute atomic E-state index is 0.102. The van der Waals surface area contributed by atoms with Crippen molar-refractivity contribution in [3.05, 3.63) is 24.1 Å². The predicted octanol–water partition coefficient (Wildman–Crippen LogP) is 1.94. The molecule has 8 nitrogen and oxygen atoms in total. The Morgan fingerprint density at radius 1 is 1.27 bits per heavy atom. The van der Waals surface area contributed by atoms with Gasteiger partial charge in [0.15, 0.2) is 5.58 Å². The van der Waals surface area contributed by atoms with Crippen molar-refractivity contribution >= 4 is 22.9 Å². The number of nitrogens with one attached hydrogen (secondary N) is 1. The van der Waals surface area contributed by atoms with E-state index in [2.05, 4.69) is 24.1 Å². The molecule has 4 rings (SSSR count). The van der Waals surface area contributed by atoms with Gasteiger partial charge in [0.2, 0.25) is 5.91 Å². The summed E-state index contributed by atoms with van der Waals surface area (Å²) in [5, 5.41) is 3.07. The second-order valence-electron chi connectivity index (χ2n) is 8.91. The summed E-state index contributed by atoms with van der Waals surface area (Å²) in [7, 11) is 0. The Hall–Kier alpha value is -2.32. The maximum atomic E-state index is 13.5. The van der Waals surface area contributed by atoms with E-state index in [-0.39, 0.29) is 11.8 Å². The third-order valence-corrected chi connectivity index (χ3v) is 6.29. The van der Waals surface area contributed by atoms with E-state index in [9.17, 15) is 9.59 Å². The summed E-state index contributed by atoms with van der Waals surface area (Å²) in [5.41, 5.74) is 1.15. The van der Waals surface area contributed by atoms with Crippen LogP contribution in [0.5, 0.6) is 0 Å². The number of ether oxygens (including phenoxy) is 1. The van der Waals surface area contributed by atoms with E-state index in [1.807, 2.05) is 17.6 Å². The molecule has 0 spiro atoms. The highest BCUT2D eigenvalue weighted by molar-refractivity contribution is 6.02. The zero-order chi connectivity index (χ0) is 21.3. The standard InChI is InChI=1S/C22H32N4O4/c1-16(2)4-6-23-21(28)22(3)15-25-17-5-11-30-19(17)14-18(25)20(27)26(22)8-7-24-9-12-29-13-10-24/h5,11,14,16H,4,6-10,12-13,15H2,1-3H3,(H,23,28). The van der Waals surface area contributed by atoms with E-state index in [4.69, 9.17) is 9.15 Å². The molecule has 164 valence electrons. The molecule has 0 saturated carbocycles. The van der Waals surface area contributed by atoms with Crippen molar-refractivity contribution in [3.8, 4) is 0 Å². The van der Waals surface area contributed by atoms with Gasteiger partial charge >= 0.3 is 0 Å². The highest BCUT2D eigenvalue weighted by atomic mass is 16.5. The van der Waals surface area contributed by atoms with Crippen molar-refractivity contribution in [2.75, 3.05) is 45.9 Å². The first-order chi connectivity index (χ1) is 14.4. The van der Waals surface area contributed by atoms with E-state index in [0.717, 1.165) is 31.6 Å². The van der Waals surface area contributed by atoms with Gasteiger partial charge in [-0.1, -0.05) is 13.8 Å². The molecule has 8 heteroatoms. The van der Waals surface area contributed by atoms with Crippen LogP contribution in [0.4, 0.5) is 0 Å². The van der Waals surface area contributed by atoms with Gasteiger partial charge in [-0.25, -0.2) is 0 Å². The van der Waals surface area contributed by atoms with Crippen molar-refractivity contribution in [1.29, 1.82) is 0 Å². The van der Waals surface area contributed by atoms with E-state index in [0.29, 0.717) is 50.0 Å². The van der Waals surface area contributed by atoms with Crippen LogP contribution in [0.25, 0.3) is 11.1 Å². The van der Waals surface area contributed by atoms with Gasteiger partial charge in [0, 0.05) is 44.9 Å². The molecule has 2 aliphatic rings. The van der Waals surface area contributed by atoms with Gasteiger partial charge in [0.25, 0.3) is 5.91 Å². The van der Waals surface area contributed by atoms with Gasteiger partial charge in [0.1, 0.15) is 11.2 Å². The number of fused-ring (bicyclic) bond motifs is 3. The molecule has 1 unspecified atom stereocenters. The lowest BCUT2D eigenvalue weighted by Gasteiger charge is -2.44. The summed E-state index contributed by atoms with van der Waals surface area (Å²) in [4.78, 5) is 30.9. The number of aromatic nitrogens is 1. The number of hydrogen-bond donors (Lipinski definition) is 1. The van der Waals surface area contributed by atoms with Gasteiger partial charge in [0.05, 0.1) is 31.5 Å². The lowest BCUT2D eigenvalue weighted by Crippen LogP contribution is -2.65. The van der Waals surface area contributed by atoms with Crippen LogP contribution in [0.1, 0.15) is 37.7 Å². The lowest BCUT2D eigenvalue weighted by molar-refractivity contribution is -0.133. The minimum atomic E-state index is -0.962. The number of morpholine rings is 1. The highest BCUT2D eigenvalue weighted by Crippen LogP contribution is 2.32. The molecule has 1 N–H and O–H groups in total. The van der Waals surface area contributed by atoms with Crippen molar-refractivity contribution in [1.82, 2.24) is 19.7 Å². The van der Waals surface area contributed by atoms with E-state index < -0.39 is 5.54 Å². The van der Waals surface area contributed by atoms with Gasteiger partial charge in [-0.15, -0.1) is 0 Å². The van der Waals surface area contributed by atoms with Crippen molar-refractivity contribution < 1.29 is 18.7 Å². The fourth-order valence-electron chi connectivity index (χ4n) is 4.35. The molecular formula is C22H32N4O4. The molecule has 1 saturated heterocycles. The quantitative estimate of drug-likeness (QED) is 0.746. The molecule has 4 heterocycles. The smallest absolute Gasteiger partial charge is 0.271 e. The number of rotatable bonds is 7. The summed E-state index contributed by atoms with van der Waals surface area (Å²) in [6.45, 7) is 11.5. The van der Waals surface area contributed by atoms with Crippen LogP contribution in [0.2, 0.25) is 0 Å². The van der Waals surface area contributed by atoms with Crippen LogP contribution >= 0.6 is 0 Å². The first-order valence-corrected chi connectivity index (χ1v) is 10.9. The summed E-state index contributed by atoms with van der Waals surface area (Å²) in [5.74, 6) is 0.280. The number of furan rings is 1. The zero-order valence-electron chi connectivity index (χ0n) is 18.1. The molecule has 0 bridgehead atoms. The maximum absolute atomic E-state index is 13.5. The number of amides is 2. The number of hydrogen-bond acceptors (Lipinski definition) is 5. The normalized spacial score (nSPS) is 22.7. The minimum Gasteiger partial charge on any atom is -0.463 e. The number of carbonyl (C=O) groups is 2. The molecule has 1 fully saturated rings. The van der Waals surface area contributed by atoms with Gasteiger partial charge in [-0.2, -0.15) is 0 Å². The van der Waals surface area contributed by atoms with Gasteiger partial charge in [-0.3, -0.25) is 14.5 Å². The Kier molecular flexibility index (Phi) is 5.88. The highest BCUT2D eigenvalue weighted by Gasteiger charge is 2.47. The van der Waals surface area contributed by atoms with Crippen LogP contribution in [-0.4, -0.2) is 77.7 Å². The first kappa shape index (κ1) is 20.9. The maximum Gasteiger partial charge on any atom is 0.271 e. The van der Waals surface area contributed by atoms with Crippen LogP contribution in [0.15, 0.2) is 22.8 Å². The first-order valence-electron chi connectivity index (χ1n) is 10.9. The summed E-state index contributed by atoms with van der Waals surface area (Å²) >= 11 is 0. The second kappa shape index (κ2) is 8.43. The third kappa shape index (κ3) is 3.86. The van der Waals surface area contributed by atoms with E-state index in [1.165, 1.54) is 0 Å². The molecule has 0 aliphatic carbocycles. The van der Waals surface area contributed by atoms with E-state index in [1.54, 1.807) is 17.2 Å². The number of carbonyl (C=O) groups excluding carboxylic acids is 2. The Morgan fingerprint density at radius 3 is 2.77 bits per heavy atom. The monoisotopic (exact) mass is 416 g/mol. The summed E-state index contributed by atoms with van der Waals surface area (Å²) in [6, 6.07) is 3.64. The average Bonchev–Trinajstić information content (AvgIpc) is 3.30. The van der Waals surface area contributed by atoms with Crippen LogP contribution in [-0.2, 0) is 16.1 Å². The van der Waals surface area contributed by atoms with Crippen LogP contribution in [0, 0.1) is 5.92 Å². The molecule has 2 aromatic rings. The predicted molar refractivity (Wildman–Crippen MR) is 113 cm³/mol. The van der Waals surface area contributed by atoms with E-state index >= 15 is 0 Å². The van der Waals surface area contributed by atoms with Gasteiger partial charge in [-0.05, 0) is 19.3 Å². The molecule has 0 radical (unpaired) electrons. The molecule has 2 aromatic heterocycles. The summed E-state index contributed by atoms with van der Waals surface area (Å²) in [6.07, 6.45) is 2.53. The largest absolute Gasteiger partial charge is 0.463 e. The average molecular weight is 417 g/mol. The topological polar surface area (TPSA) is 80.0 Å². The SMILES string of the molecule is CC(C)CCNC(=O)C1(C)Cn2c(cc3occc32)C(=O)N1CCN1CCOCC1. The molecule has 0 aromatic carbocycles. The fourth-order valence-corrected chi connectivity index (χ4v) is 4.35. The Bertz CT molecular complexity index is 912. The Labute approximate surface area is 177 Å². The van der Waals surface area contributed by atoms with Crippen LogP contribution in [0.3, 0.4) is 0 Å². The third-order valence-electron chi connectivity index (χ3n) is 6.29. The lowest BCUT2D eigenvalue weighted by atomic mass is 9.94. The summed E-state index contributed by atoms with van der Waals surface area (Å²) < 4.78 is 12.9. The zero-order valence-corrected chi connectivity index (χ0v) is 18.1. The molecule has 1 atom stereocenters. The fraction of sp³-hybridized carbons (Fsp3) is 0.636. The van der Waals surface area contributed by atoms with Crippen molar-refractivity contribution in [2.24, 2.45) is 5.92 Å². The van der Waals surface area contributed by atoms with Crippen molar-refractivity contribution in [3.63, 3.8) is 0 Å². The Morgan fingerprint density at radius 2 is 2.03 bits per heavy atom. The second-order valence-corrected chi connectivity index (χ2v) is 8.91. The molecule has 30 heavy (non-hydrogen) atoms. The molecule has 2 amide bonds. The number of nitrogens with zero attached hydrogens (tertiary/aromatic N) is 3.